The highest BCUT2D eigenvalue weighted by Crippen LogP contribution is 2.33. The van der Waals surface area contributed by atoms with Crippen molar-refractivity contribution in [1.29, 1.82) is 0 Å². The van der Waals surface area contributed by atoms with Gasteiger partial charge in [-0.2, -0.15) is 0 Å². The minimum absolute atomic E-state index is 1.12. The molecule has 0 aliphatic heterocycles. The van der Waals surface area contributed by atoms with Crippen molar-refractivity contribution in [3.63, 3.8) is 0 Å². The van der Waals surface area contributed by atoms with Crippen molar-refractivity contribution in [2.24, 2.45) is 0 Å². The zero-order valence-corrected chi connectivity index (χ0v) is 8.83. The zero-order chi connectivity index (χ0) is 10.3. The first-order chi connectivity index (χ1) is 7.36. The summed E-state index contributed by atoms with van der Waals surface area (Å²) in [6.07, 6.45) is 4.16. The Hall–Kier alpha value is -1.63. The van der Waals surface area contributed by atoms with Crippen molar-refractivity contribution >= 4 is 0 Å². The molecular weight excluding hydrogens is 182 g/mol. The molecule has 0 fully saturated rings. The maximum Gasteiger partial charge on any atom is 0.0739 e. The summed E-state index contributed by atoms with van der Waals surface area (Å²) in [4.78, 5) is 4.52. The van der Waals surface area contributed by atoms with Gasteiger partial charge in [0.05, 0.1) is 5.69 Å². The zero-order valence-electron chi connectivity index (χ0n) is 8.83. The molecule has 0 saturated carbocycles. The largest absolute Gasteiger partial charge is 0.256 e. The molecule has 0 atom stereocenters. The molecule has 0 spiro atoms. The van der Waals surface area contributed by atoms with E-state index in [0.29, 0.717) is 0 Å². The van der Waals surface area contributed by atoms with Crippen LogP contribution in [0, 0.1) is 6.92 Å². The van der Waals surface area contributed by atoms with Gasteiger partial charge in [-0.15, -0.1) is 0 Å². The fraction of sp³-hybridized carbons (Fsp3) is 0.214. The van der Waals surface area contributed by atoms with E-state index in [0.717, 1.165) is 12.8 Å². The van der Waals surface area contributed by atoms with E-state index in [9.17, 15) is 0 Å². The van der Waals surface area contributed by atoms with Gasteiger partial charge >= 0.3 is 0 Å². The number of rotatable bonds is 0. The Morgan fingerprint density at radius 2 is 1.80 bits per heavy atom. The van der Waals surface area contributed by atoms with E-state index in [1.165, 1.54) is 27.9 Å². The average Bonchev–Trinajstić information content (AvgIpc) is 2.29. The molecule has 15 heavy (non-hydrogen) atoms. The molecule has 3 rings (SSSR count). The summed E-state index contributed by atoms with van der Waals surface area (Å²) in [6, 6.07) is 10.8. The second-order valence-corrected chi connectivity index (χ2v) is 4.12. The van der Waals surface area contributed by atoms with Crippen molar-refractivity contribution in [2.45, 2.75) is 19.8 Å². The van der Waals surface area contributed by atoms with Crippen LogP contribution in [0.4, 0.5) is 0 Å². The summed E-state index contributed by atoms with van der Waals surface area (Å²) in [5, 5.41) is 0. The number of nitrogens with zero attached hydrogens (tertiary/aromatic N) is 1. The number of aromatic nitrogens is 1. The van der Waals surface area contributed by atoms with E-state index >= 15 is 0 Å². The fourth-order valence-corrected chi connectivity index (χ4v) is 2.41. The Labute approximate surface area is 89.8 Å². The van der Waals surface area contributed by atoms with Crippen LogP contribution in [0.2, 0.25) is 0 Å². The fourth-order valence-electron chi connectivity index (χ4n) is 2.41. The lowest BCUT2D eigenvalue weighted by molar-refractivity contribution is 0.924. The quantitative estimate of drug-likeness (QED) is 0.629. The van der Waals surface area contributed by atoms with Gasteiger partial charge in [0.25, 0.3) is 0 Å². The second-order valence-electron chi connectivity index (χ2n) is 4.12. The van der Waals surface area contributed by atoms with Gasteiger partial charge in [0, 0.05) is 11.8 Å². The Balaban J connectivity index is 2.33. The van der Waals surface area contributed by atoms with Gasteiger partial charge in [0.2, 0.25) is 0 Å². The van der Waals surface area contributed by atoms with Crippen LogP contribution < -0.4 is 0 Å². The van der Waals surface area contributed by atoms with E-state index in [-0.39, 0.29) is 0 Å². The summed E-state index contributed by atoms with van der Waals surface area (Å²) in [5.74, 6) is 0. The Bertz CT molecular complexity index is 514. The lowest BCUT2D eigenvalue weighted by Crippen LogP contribution is -2.06. The molecule has 1 aliphatic rings. The van der Waals surface area contributed by atoms with E-state index in [1.807, 2.05) is 12.3 Å². The molecule has 1 aromatic carbocycles. The van der Waals surface area contributed by atoms with Gasteiger partial charge < -0.3 is 0 Å². The summed E-state index contributed by atoms with van der Waals surface area (Å²) in [6.45, 7) is 2.17. The molecule has 1 heteroatoms. The van der Waals surface area contributed by atoms with Crippen LogP contribution >= 0.6 is 0 Å². The summed E-state index contributed by atoms with van der Waals surface area (Å²) < 4.78 is 0. The van der Waals surface area contributed by atoms with Crippen molar-refractivity contribution in [1.82, 2.24) is 4.98 Å². The minimum Gasteiger partial charge on any atom is -0.256 e. The minimum atomic E-state index is 1.12. The molecule has 74 valence electrons. The van der Waals surface area contributed by atoms with Crippen molar-refractivity contribution in [3.8, 4) is 11.3 Å². The molecule has 2 aromatic rings. The normalized spacial score (nSPS) is 13.1. The van der Waals surface area contributed by atoms with Gasteiger partial charge in [-0.25, -0.2) is 0 Å². The van der Waals surface area contributed by atoms with Crippen LogP contribution in [0.15, 0.2) is 36.5 Å². The SMILES string of the molecule is Cc1cccc2c1-c1ncccc1CC2. The summed E-state index contributed by atoms with van der Waals surface area (Å²) in [7, 11) is 0. The molecule has 1 aromatic heterocycles. The highest BCUT2D eigenvalue weighted by Gasteiger charge is 2.17. The van der Waals surface area contributed by atoms with E-state index in [2.05, 4.69) is 36.2 Å². The van der Waals surface area contributed by atoms with Gasteiger partial charge in [-0.05, 0) is 42.5 Å². The van der Waals surface area contributed by atoms with Crippen LogP contribution in [0.3, 0.4) is 0 Å². The number of hydrogen-bond acceptors (Lipinski definition) is 1. The lowest BCUT2D eigenvalue weighted by atomic mass is 9.86. The molecule has 1 nitrogen and oxygen atoms in total. The summed E-state index contributed by atoms with van der Waals surface area (Å²) >= 11 is 0. The van der Waals surface area contributed by atoms with Gasteiger partial charge in [-0.1, -0.05) is 24.3 Å². The lowest BCUT2D eigenvalue weighted by Gasteiger charge is -2.20. The van der Waals surface area contributed by atoms with Crippen molar-refractivity contribution in [2.75, 3.05) is 0 Å². The third kappa shape index (κ3) is 1.27. The molecule has 0 saturated heterocycles. The highest BCUT2D eigenvalue weighted by atomic mass is 14.7. The van der Waals surface area contributed by atoms with Crippen LogP contribution in [-0.2, 0) is 12.8 Å². The smallest absolute Gasteiger partial charge is 0.0739 e. The molecular formula is C14H13N. The van der Waals surface area contributed by atoms with Crippen LogP contribution in [-0.4, -0.2) is 4.98 Å². The van der Waals surface area contributed by atoms with Crippen molar-refractivity contribution in [3.05, 3.63) is 53.2 Å². The molecule has 1 aliphatic carbocycles. The maximum absolute atomic E-state index is 4.52. The van der Waals surface area contributed by atoms with Crippen molar-refractivity contribution < 1.29 is 0 Å². The van der Waals surface area contributed by atoms with Crippen LogP contribution in [0.25, 0.3) is 11.3 Å². The first-order valence-corrected chi connectivity index (χ1v) is 5.39. The number of fused-ring (bicyclic) bond motifs is 3. The van der Waals surface area contributed by atoms with E-state index in [4.69, 9.17) is 0 Å². The third-order valence-corrected chi connectivity index (χ3v) is 3.15. The number of pyridine rings is 1. The summed E-state index contributed by atoms with van der Waals surface area (Å²) in [5.41, 5.74) is 6.73. The van der Waals surface area contributed by atoms with Crippen LogP contribution in [0.5, 0.6) is 0 Å². The first-order valence-electron chi connectivity index (χ1n) is 5.39. The second kappa shape index (κ2) is 3.20. The predicted molar refractivity (Wildman–Crippen MR) is 61.8 cm³/mol. The average molecular weight is 195 g/mol. The van der Waals surface area contributed by atoms with Gasteiger partial charge in [-0.3, -0.25) is 4.98 Å². The highest BCUT2D eigenvalue weighted by molar-refractivity contribution is 5.72. The predicted octanol–water partition coefficient (Wildman–Crippen LogP) is 3.16. The van der Waals surface area contributed by atoms with Gasteiger partial charge in [0.1, 0.15) is 0 Å². The Morgan fingerprint density at radius 1 is 1.00 bits per heavy atom. The molecule has 0 N–H and O–H groups in total. The van der Waals surface area contributed by atoms with Gasteiger partial charge in [0.15, 0.2) is 0 Å². The number of hydrogen-bond donors (Lipinski definition) is 0. The Morgan fingerprint density at radius 3 is 2.73 bits per heavy atom. The molecule has 0 bridgehead atoms. The molecule has 1 heterocycles. The standard InChI is InChI=1S/C14H13N/c1-10-4-2-5-11-7-8-12-6-3-9-15-14(12)13(10)11/h2-6,9H,7-8H2,1H3. The topological polar surface area (TPSA) is 12.9 Å². The number of aryl methyl sites for hydroxylation is 3. The molecule has 0 radical (unpaired) electrons. The van der Waals surface area contributed by atoms with Crippen LogP contribution in [0.1, 0.15) is 16.7 Å². The molecule has 0 amide bonds. The number of benzene rings is 1. The van der Waals surface area contributed by atoms with E-state index < -0.39 is 0 Å². The Kier molecular flexibility index (Phi) is 1.84. The third-order valence-electron chi connectivity index (χ3n) is 3.15. The monoisotopic (exact) mass is 195 g/mol. The molecule has 0 unspecified atom stereocenters. The maximum atomic E-state index is 4.52. The first kappa shape index (κ1) is 8.66. The van der Waals surface area contributed by atoms with E-state index in [1.54, 1.807) is 0 Å².